The zero-order valence-electron chi connectivity index (χ0n) is 11.8. The molecule has 0 bridgehead atoms. The predicted octanol–water partition coefficient (Wildman–Crippen LogP) is 3.32. The highest BCUT2D eigenvalue weighted by Crippen LogP contribution is 2.32. The zero-order valence-corrected chi connectivity index (χ0v) is 12.6. The molecule has 5 heteroatoms. The molecule has 2 aromatic rings. The Morgan fingerprint density at radius 2 is 2.35 bits per heavy atom. The van der Waals surface area contributed by atoms with Crippen LogP contribution >= 0.6 is 11.3 Å². The molecule has 1 atom stereocenters. The minimum Gasteiger partial charge on any atom is -0.465 e. The molecule has 1 aliphatic rings. The second kappa shape index (κ2) is 5.40. The van der Waals surface area contributed by atoms with Crippen LogP contribution in [0.3, 0.4) is 0 Å². The predicted molar refractivity (Wildman–Crippen MR) is 81.6 cm³/mol. The number of anilines is 1. The van der Waals surface area contributed by atoms with Crippen molar-refractivity contribution in [3.63, 3.8) is 0 Å². The van der Waals surface area contributed by atoms with Gasteiger partial charge in [-0.25, -0.2) is 9.78 Å². The smallest absolute Gasteiger partial charge is 0.337 e. The van der Waals surface area contributed by atoms with Crippen LogP contribution in [0.25, 0.3) is 10.2 Å². The molecule has 1 aromatic heterocycles. The van der Waals surface area contributed by atoms with Crippen LogP contribution in [0.5, 0.6) is 0 Å². The minimum absolute atomic E-state index is 0.298. The number of methoxy groups -OCH3 is 1. The summed E-state index contributed by atoms with van der Waals surface area (Å²) in [6.45, 7) is 4.44. The Kier molecular flexibility index (Phi) is 3.61. The summed E-state index contributed by atoms with van der Waals surface area (Å²) in [4.78, 5) is 18.6. The van der Waals surface area contributed by atoms with E-state index in [1.807, 2.05) is 12.1 Å². The summed E-state index contributed by atoms with van der Waals surface area (Å²) in [5.41, 5.74) is 1.54. The number of fused-ring (bicyclic) bond motifs is 1. The third-order valence-electron chi connectivity index (χ3n) is 3.73. The normalized spacial score (nSPS) is 19.3. The van der Waals surface area contributed by atoms with Gasteiger partial charge in [-0.2, -0.15) is 0 Å². The summed E-state index contributed by atoms with van der Waals surface area (Å²) in [6.07, 6.45) is 2.53. The van der Waals surface area contributed by atoms with Crippen LogP contribution in [0.4, 0.5) is 5.13 Å². The Morgan fingerprint density at radius 3 is 3.10 bits per heavy atom. The average molecular weight is 290 g/mol. The fourth-order valence-electron chi connectivity index (χ4n) is 2.66. The number of thiazole rings is 1. The van der Waals surface area contributed by atoms with Crippen molar-refractivity contribution < 1.29 is 9.53 Å². The molecule has 0 radical (unpaired) electrons. The molecular weight excluding hydrogens is 272 g/mol. The molecule has 4 nitrogen and oxygen atoms in total. The van der Waals surface area contributed by atoms with Gasteiger partial charge < -0.3 is 9.64 Å². The van der Waals surface area contributed by atoms with Crippen LogP contribution in [-0.2, 0) is 4.74 Å². The lowest BCUT2D eigenvalue weighted by Gasteiger charge is -2.30. The van der Waals surface area contributed by atoms with Gasteiger partial charge >= 0.3 is 5.97 Å². The number of benzene rings is 1. The first kappa shape index (κ1) is 13.4. The molecule has 0 saturated carbocycles. The summed E-state index contributed by atoms with van der Waals surface area (Å²) in [6, 6.07) is 5.54. The van der Waals surface area contributed by atoms with Gasteiger partial charge in [0.1, 0.15) is 0 Å². The van der Waals surface area contributed by atoms with Crippen LogP contribution in [0, 0.1) is 5.92 Å². The van der Waals surface area contributed by atoms with Crippen molar-refractivity contribution in [1.29, 1.82) is 0 Å². The molecule has 1 fully saturated rings. The molecule has 2 heterocycles. The van der Waals surface area contributed by atoms with Gasteiger partial charge in [-0.1, -0.05) is 18.3 Å². The van der Waals surface area contributed by atoms with Gasteiger partial charge in [-0.05, 0) is 37.0 Å². The number of hydrogen-bond acceptors (Lipinski definition) is 5. The number of nitrogens with zero attached hydrogens (tertiary/aromatic N) is 2. The molecule has 0 N–H and O–H groups in total. The van der Waals surface area contributed by atoms with Crippen LogP contribution in [-0.4, -0.2) is 31.2 Å². The third kappa shape index (κ3) is 2.50. The van der Waals surface area contributed by atoms with Crippen molar-refractivity contribution in [2.75, 3.05) is 25.1 Å². The number of hydrogen-bond donors (Lipinski definition) is 0. The van der Waals surface area contributed by atoms with Crippen LogP contribution in [0.15, 0.2) is 18.2 Å². The van der Waals surface area contributed by atoms with Gasteiger partial charge in [0.05, 0.1) is 22.9 Å². The van der Waals surface area contributed by atoms with Crippen molar-refractivity contribution in [2.45, 2.75) is 19.8 Å². The highest BCUT2D eigenvalue weighted by Gasteiger charge is 2.19. The fourth-order valence-corrected chi connectivity index (χ4v) is 3.70. The van der Waals surface area contributed by atoms with E-state index in [4.69, 9.17) is 4.74 Å². The summed E-state index contributed by atoms with van der Waals surface area (Å²) in [7, 11) is 1.40. The molecule has 106 valence electrons. The minimum atomic E-state index is -0.298. The van der Waals surface area contributed by atoms with E-state index in [-0.39, 0.29) is 5.97 Å². The van der Waals surface area contributed by atoms with Crippen molar-refractivity contribution in [3.8, 4) is 0 Å². The summed E-state index contributed by atoms with van der Waals surface area (Å²) >= 11 is 1.65. The van der Waals surface area contributed by atoms with Gasteiger partial charge in [-0.3, -0.25) is 0 Å². The van der Waals surface area contributed by atoms with Gasteiger partial charge in [0, 0.05) is 13.1 Å². The van der Waals surface area contributed by atoms with E-state index < -0.39 is 0 Å². The number of aromatic nitrogens is 1. The molecule has 0 aliphatic carbocycles. The van der Waals surface area contributed by atoms with Crippen molar-refractivity contribution in [2.24, 2.45) is 5.92 Å². The molecule has 0 spiro atoms. The van der Waals surface area contributed by atoms with Crippen molar-refractivity contribution in [3.05, 3.63) is 23.8 Å². The van der Waals surface area contributed by atoms with E-state index in [0.29, 0.717) is 5.56 Å². The Labute approximate surface area is 122 Å². The topological polar surface area (TPSA) is 42.4 Å². The highest BCUT2D eigenvalue weighted by molar-refractivity contribution is 7.22. The number of rotatable bonds is 2. The maximum Gasteiger partial charge on any atom is 0.337 e. The van der Waals surface area contributed by atoms with Gasteiger partial charge in [0.2, 0.25) is 0 Å². The van der Waals surface area contributed by atoms with E-state index in [0.717, 1.165) is 34.4 Å². The first-order valence-electron chi connectivity index (χ1n) is 6.91. The quantitative estimate of drug-likeness (QED) is 0.796. The van der Waals surface area contributed by atoms with E-state index >= 15 is 0 Å². The van der Waals surface area contributed by atoms with Gasteiger partial charge in [-0.15, -0.1) is 0 Å². The van der Waals surface area contributed by atoms with Crippen molar-refractivity contribution >= 4 is 32.7 Å². The molecule has 20 heavy (non-hydrogen) atoms. The van der Waals surface area contributed by atoms with Gasteiger partial charge in [0.15, 0.2) is 5.13 Å². The Morgan fingerprint density at radius 1 is 1.50 bits per heavy atom. The molecule has 1 aromatic carbocycles. The van der Waals surface area contributed by atoms with E-state index in [2.05, 4.69) is 16.8 Å². The lowest BCUT2D eigenvalue weighted by molar-refractivity contribution is 0.0601. The van der Waals surface area contributed by atoms with Crippen LogP contribution in [0.1, 0.15) is 30.1 Å². The largest absolute Gasteiger partial charge is 0.465 e. The Bertz CT molecular complexity index is 638. The van der Waals surface area contributed by atoms with Crippen LogP contribution < -0.4 is 4.90 Å². The molecule has 0 unspecified atom stereocenters. The lowest BCUT2D eigenvalue weighted by Crippen LogP contribution is -2.34. The van der Waals surface area contributed by atoms with E-state index in [1.165, 1.54) is 20.0 Å². The maximum absolute atomic E-state index is 11.6. The third-order valence-corrected chi connectivity index (χ3v) is 4.80. The number of carbonyl (C=O) groups excluding carboxylic acids is 1. The number of piperidine rings is 1. The lowest BCUT2D eigenvalue weighted by atomic mass is 10.0. The Balaban J connectivity index is 1.92. The standard InChI is InChI=1S/C15H18N2O2S/c1-10-4-3-7-17(9-10)15-16-12-6-5-11(14(18)19-2)8-13(12)20-15/h5-6,8,10H,3-4,7,9H2,1-2H3/t10-/m0/s1. The second-order valence-electron chi connectivity index (χ2n) is 5.36. The zero-order chi connectivity index (χ0) is 14.1. The monoisotopic (exact) mass is 290 g/mol. The number of carbonyl (C=O) groups is 1. The number of esters is 1. The highest BCUT2D eigenvalue weighted by atomic mass is 32.1. The van der Waals surface area contributed by atoms with E-state index in [9.17, 15) is 4.79 Å². The summed E-state index contributed by atoms with van der Waals surface area (Å²) in [5, 5.41) is 1.06. The first-order valence-corrected chi connectivity index (χ1v) is 7.73. The fraction of sp³-hybridized carbons (Fsp3) is 0.467. The first-order chi connectivity index (χ1) is 9.67. The second-order valence-corrected chi connectivity index (χ2v) is 6.37. The van der Waals surface area contributed by atoms with Crippen molar-refractivity contribution in [1.82, 2.24) is 4.98 Å². The molecule has 3 rings (SSSR count). The molecule has 0 amide bonds. The number of ether oxygens (including phenoxy) is 1. The van der Waals surface area contributed by atoms with Gasteiger partial charge in [0.25, 0.3) is 0 Å². The van der Waals surface area contributed by atoms with E-state index in [1.54, 1.807) is 17.4 Å². The van der Waals surface area contributed by atoms with Crippen LogP contribution in [0.2, 0.25) is 0 Å². The SMILES string of the molecule is COC(=O)c1ccc2nc(N3CCC[C@H](C)C3)sc2c1. The molecule has 1 saturated heterocycles. The summed E-state index contributed by atoms with van der Waals surface area (Å²) < 4.78 is 5.80. The molecular formula is C15H18N2O2S. The summed E-state index contributed by atoms with van der Waals surface area (Å²) in [5.74, 6) is 0.426. The maximum atomic E-state index is 11.6. The average Bonchev–Trinajstić information content (AvgIpc) is 2.89. The Hall–Kier alpha value is -1.62. The molecule has 1 aliphatic heterocycles.